The molecule has 6 heteroatoms. The van der Waals surface area contributed by atoms with Crippen molar-refractivity contribution in [2.45, 2.75) is 13.0 Å². The van der Waals surface area contributed by atoms with Gasteiger partial charge >= 0.3 is 5.97 Å². The number of ether oxygens (including phenoxy) is 3. The predicted octanol–water partition coefficient (Wildman–Crippen LogP) is 3.89. The highest BCUT2D eigenvalue weighted by Gasteiger charge is 2.19. The van der Waals surface area contributed by atoms with Crippen LogP contribution in [0, 0.1) is 0 Å². The second-order valence-corrected chi connectivity index (χ2v) is 6.47. The SMILES string of the molecule is COc1cccc(C(=O)OCC(=O)NC(C)c2cccc3ccccc23)c1OC. The van der Waals surface area contributed by atoms with Crippen LogP contribution in [0.1, 0.15) is 28.9 Å². The van der Waals surface area contributed by atoms with Crippen molar-refractivity contribution in [1.82, 2.24) is 5.32 Å². The summed E-state index contributed by atoms with van der Waals surface area (Å²) < 4.78 is 15.6. The Labute approximate surface area is 169 Å². The van der Waals surface area contributed by atoms with Crippen molar-refractivity contribution >= 4 is 22.6 Å². The first-order valence-corrected chi connectivity index (χ1v) is 9.20. The Morgan fingerprint density at radius 2 is 1.66 bits per heavy atom. The van der Waals surface area contributed by atoms with Crippen LogP contribution < -0.4 is 14.8 Å². The van der Waals surface area contributed by atoms with E-state index < -0.39 is 12.6 Å². The molecule has 0 saturated heterocycles. The maximum absolute atomic E-state index is 12.4. The van der Waals surface area contributed by atoms with Crippen LogP contribution in [0.25, 0.3) is 10.8 Å². The summed E-state index contributed by atoms with van der Waals surface area (Å²) in [5.74, 6) is -0.366. The van der Waals surface area contributed by atoms with Crippen LogP contribution in [-0.4, -0.2) is 32.7 Å². The van der Waals surface area contributed by atoms with Crippen molar-refractivity contribution in [1.29, 1.82) is 0 Å². The molecular formula is C23H23NO5. The second-order valence-electron chi connectivity index (χ2n) is 6.47. The van der Waals surface area contributed by atoms with E-state index in [1.807, 2.05) is 49.4 Å². The van der Waals surface area contributed by atoms with Gasteiger partial charge in [-0.2, -0.15) is 0 Å². The molecule has 3 rings (SSSR count). The number of methoxy groups -OCH3 is 2. The van der Waals surface area contributed by atoms with Gasteiger partial charge in [-0.15, -0.1) is 0 Å². The molecule has 150 valence electrons. The monoisotopic (exact) mass is 393 g/mol. The highest BCUT2D eigenvalue weighted by Crippen LogP contribution is 2.31. The van der Waals surface area contributed by atoms with Gasteiger partial charge in [0.15, 0.2) is 18.1 Å². The smallest absolute Gasteiger partial charge is 0.342 e. The average molecular weight is 393 g/mol. The van der Waals surface area contributed by atoms with Gasteiger partial charge in [0.1, 0.15) is 5.56 Å². The normalized spacial score (nSPS) is 11.6. The number of esters is 1. The van der Waals surface area contributed by atoms with Crippen molar-refractivity contribution in [2.75, 3.05) is 20.8 Å². The lowest BCUT2D eigenvalue weighted by Crippen LogP contribution is -2.31. The molecular weight excluding hydrogens is 370 g/mol. The van der Waals surface area contributed by atoms with Crippen LogP contribution in [0.2, 0.25) is 0 Å². The first kappa shape index (κ1) is 20.2. The summed E-state index contributed by atoms with van der Waals surface area (Å²) in [7, 11) is 2.92. The molecule has 3 aromatic rings. The van der Waals surface area contributed by atoms with Crippen LogP contribution in [0.5, 0.6) is 11.5 Å². The molecule has 0 spiro atoms. The summed E-state index contributed by atoms with van der Waals surface area (Å²) in [4.78, 5) is 24.7. The number of benzene rings is 3. The molecule has 0 aromatic heterocycles. The lowest BCUT2D eigenvalue weighted by Gasteiger charge is -2.17. The predicted molar refractivity (Wildman–Crippen MR) is 110 cm³/mol. The number of amides is 1. The fraction of sp³-hybridized carbons (Fsp3) is 0.217. The van der Waals surface area contributed by atoms with Gasteiger partial charge in [0.2, 0.25) is 0 Å². The van der Waals surface area contributed by atoms with E-state index in [2.05, 4.69) is 5.32 Å². The van der Waals surface area contributed by atoms with E-state index in [1.54, 1.807) is 18.2 Å². The summed E-state index contributed by atoms with van der Waals surface area (Å²) in [6.07, 6.45) is 0. The molecule has 0 aliphatic carbocycles. The van der Waals surface area contributed by atoms with Crippen molar-refractivity contribution in [3.63, 3.8) is 0 Å². The second kappa shape index (κ2) is 9.10. The van der Waals surface area contributed by atoms with E-state index in [-0.39, 0.29) is 23.3 Å². The lowest BCUT2D eigenvalue weighted by molar-refractivity contribution is -0.124. The summed E-state index contributed by atoms with van der Waals surface area (Å²) >= 11 is 0. The van der Waals surface area contributed by atoms with Gasteiger partial charge in [-0.25, -0.2) is 4.79 Å². The Kier molecular flexibility index (Phi) is 6.34. The van der Waals surface area contributed by atoms with Crippen molar-refractivity contribution in [3.05, 3.63) is 71.8 Å². The van der Waals surface area contributed by atoms with Crippen molar-refractivity contribution < 1.29 is 23.8 Å². The van der Waals surface area contributed by atoms with Gasteiger partial charge in [-0.3, -0.25) is 4.79 Å². The topological polar surface area (TPSA) is 73.9 Å². The third-order valence-electron chi connectivity index (χ3n) is 4.62. The average Bonchev–Trinajstić information content (AvgIpc) is 2.76. The minimum atomic E-state index is -0.659. The minimum absolute atomic E-state index is 0.196. The maximum atomic E-state index is 12.4. The quantitative estimate of drug-likeness (QED) is 0.617. The highest BCUT2D eigenvalue weighted by molar-refractivity contribution is 5.95. The number of fused-ring (bicyclic) bond motifs is 1. The first-order valence-electron chi connectivity index (χ1n) is 9.20. The van der Waals surface area contributed by atoms with Gasteiger partial charge in [-0.1, -0.05) is 48.5 Å². The maximum Gasteiger partial charge on any atom is 0.342 e. The fourth-order valence-corrected chi connectivity index (χ4v) is 3.25. The van der Waals surface area contributed by atoms with Crippen molar-refractivity contribution in [3.8, 4) is 11.5 Å². The fourth-order valence-electron chi connectivity index (χ4n) is 3.25. The molecule has 1 unspecified atom stereocenters. The zero-order valence-corrected chi connectivity index (χ0v) is 16.6. The molecule has 3 aromatic carbocycles. The minimum Gasteiger partial charge on any atom is -0.493 e. The first-order chi connectivity index (χ1) is 14.0. The molecule has 0 saturated carbocycles. The number of para-hydroxylation sites is 1. The van der Waals surface area contributed by atoms with Gasteiger partial charge in [0.05, 0.1) is 20.3 Å². The van der Waals surface area contributed by atoms with Crippen LogP contribution in [0.15, 0.2) is 60.7 Å². The Morgan fingerprint density at radius 1 is 0.931 bits per heavy atom. The zero-order chi connectivity index (χ0) is 20.8. The van der Waals surface area contributed by atoms with Crippen LogP contribution in [-0.2, 0) is 9.53 Å². The van der Waals surface area contributed by atoms with E-state index in [0.717, 1.165) is 16.3 Å². The third kappa shape index (κ3) is 4.48. The largest absolute Gasteiger partial charge is 0.493 e. The summed E-state index contributed by atoms with van der Waals surface area (Å²) in [5.41, 5.74) is 1.19. The molecule has 0 aliphatic heterocycles. The summed E-state index contributed by atoms with van der Waals surface area (Å²) in [6.45, 7) is 1.50. The Bertz CT molecular complexity index is 1030. The van der Waals surface area contributed by atoms with Gasteiger partial charge < -0.3 is 19.5 Å². The van der Waals surface area contributed by atoms with Gasteiger partial charge in [0, 0.05) is 0 Å². The standard InChI is InChI=1S/C23H23NO5/c1-15(17-11-6-9-16-8-4-5-10-18(16)17)24-21(25)14-29-23(26)19-12-7-13-20(27-2)22(19)28-3/h4-13,15H,14H2,1-3H3,(H,24,25). The van der Waals surface area contributed by atoms with Crippen LogP contribution >= 0.6 is 0 Å². The summed E-state index contributed by atoms with van der Waals surface area (Å²) in [6, 6.07) is 18.6. The number of hydrogen-bond donors (Lipinski definition) is 1. The molecule has 0 heterocycles. The zero-order valence-electron chi connectivity index (χ0n) is 16.6. The number of rotatable bonds is 7. The van der Waals surface area contributed by atoms with Gasteiger partial charge in [-0.05, 0) is 35.4 Å². The molecule has 0 fully saturated rings. The Balaban J connectivity index is 1.65. The summed E-state index contributed by atoms with van der Waals surface area (Å²) in [5, 5.41) is 5.04. The molecule has 0 aliphatic rings. The molecule has 29 heavy (non-hydrogen) atoms. The molecule has 1 atom stereocenters. The van der Waals surface area contributed by atoms with Crippen molar-refractivity contribution in [2.24, 2.45) is 0 Å². The van der Waals surface area contributed by atoms with Crippen LogP contribution in [0.4, 0.5) is 0 Å². The Morgan fingerprint density at radius 3 is 2.41 bits per heavy atom. The van der Waals surface area contributed by atoms with E-state index in [9.17, 15) is 9.59 Å². The van der Waals surface area contributed by atoms with E-state index in [4.69, 9.17) is 14.2 Å². The molecule has 0 radical (unpaired) electrons. The number of carbonyl (C=O) groups excluding carboxylic acids is 2. The number of hydrogen-bond acceptors (Lipinski definition) is 5. The molecule has 0 bridgehead atoms. The molecule has 1 amide bonds. The van der Waals surface area contributed by atoms with E-state index >= 15 is 0 Å². The number of carbonyl (C=O) groups is 2. The Hall–Kier alpha value is -3.54. The third-order valence-corrected chi connectivity index (χ3v) is 4.62. The van der Waals surface area contributed by atoms with Gasteiger partial charge in [0.25, 0.3) is 5.91 Å². The molecule has 6 nitrogen and oxygen atoms in total. The van der Waals surface area contributed by atoms with Crippen LogP contribution in [0.3, 0.4) is 0 Å². The lowest BCUT2D eigenvalue weighted by atomic mass is 10.00. The van der Waals surface area contributed by atoms with E-state index in [1.165, 1.54) is 14.2 Å². The molecule has 1 N–H and O–H groups in total. The number of nitrogens with one attached hydrogen (secondary N) is 1. The highest BCUT2D eigenvalue weighted by atomic mass is 16.5. The van der Waals surface area contributed by atoms with E-state index in [0.29, 0.717) is 5.75 Å².